The summed E-state index contributed by atoms with van der Waals surface area (Å²) in [6, 6.07) is 43.6. The first-order chi connectivity index (χ1) is 26.8. The first-order valence-corrected chi connectivity index (χ1v) is 20.9. The van der Waals surface area contributed by atoms with Gasteiger partial charge in [-0.05, 0) is 29.6 Å². The Labute approximate surface area is 362 Å². The van der Waals surface area contributed by atoms with Gasteiger partial charge in [0.25, 0.3) is 0 Å². The van der Waals surface area contributed by atoms with Crippen molar-refractivity contribution >= 4 is 28.0 Å². The maximum absolute atomic E-state index is 2.99. The van der Waals surface area contributed by atoms with Gasteiger partial charge in [-0.3, -0.25) is 6.08 Å². The van der Waals surface area contributed by atoms with Gasteiger partial charge in [-0.1, -0.05) is 72.8 Å². The van der Waals surface area contributed by atoms with Crippen molar-refractivity contribution in [2.24, 2.45) is 47.3 Å². The molecule has 8 unspecified atom stereocenters. The molecule has 0 amide bonds. The first kappa shape index (κ1) is 41.8. The average molecular weight is 849 g/mol. The molecule has 0 heterocycles. The second-order valence-corrected chi connectivity index (χ2v) is 16.5. The van der Waals surface area contributed by atoms with Gasteiger partial charge in [-0.15, -0.1) is 43.2 Å². The Hall–Kier alpha value is -3.87. The quantitative estimate of drug-likeness (QED) is 0.170. The first-order valence-electron chi connectivity index (χ1n) is 19.7. The second kappa shape index (κ2) is 20.5. The van der Waals surface area contributed by atoms with Crippen LogP contribution in [0.1, 0.15) is 40.5 Å². The molecule has 0 radical (unpaired) electrons. The van der Waals surface area contributed by atoms with Crippen molar-refractivity contribution in [3.8, 4) is 0 Å². The minimum absolute atomic E-state index is 0. The fraction of sp³-hybridized carbons (Fsp3) is 0.208. The van der Waals surface area contributed by atoms with Gasteiger partial charge in [0.1, 0.15) is 0 Å². The fourth-order valence-corrected chi connectivity index (χ4v) is 11.4. The van der Waals surface area contributed by atoms with Gasteiger partial charge in [0, 0.05) is 0 Å². The van der Waals surface area contributed by atoms with E-state index in [0.717, 1.165) is 18.3 Å². The Kier molecular flexibility index (Phi) is 15.3. The summed E-state index contributed by atoms with van der Waals surface area (Å²) in [7, 11) is 0. The molecule has 2 fully saturated rings. The number of allylic oxidation sites excluding steroid dienone is 16. The molecule has 8 atom stereocenters. The molecule has 0 nitrogen and oxygen atoms in total. The maximum atomic E-state index is 2.99. The number of fused-ring (bicyclic) bond motifs is 8. The summed E-state index contributed by atoms with van der Waals surface area (Å²) in [5.74, 6) is 6.23. The average Bonchev–Trinajstić information content (AvgIpc) is 3.96. The van der Waals surface area contributed by atoms with Gasteiger partial charge in [0.05, 0.1) is 0 Å². The minimum atomic E-state index is 0. The van der Waals surface area contributed by atoms with Crippen LogP contribution in [-0.2, 0) is 24.2 Å². The molecule has 6 aliphatic rings. The monoisotopic (exact) mass is 846 g/mol. The van der Waals surface area contributed by atoms with Crippen LogP contribution in [0.4, 0.5) is 0 Å². The van der Waals surface area contributed by atoms with Crippen LogP contribution in [0, 0.1) is 59.8 Å². The van der Waals surface area contributed by atoms with Crippen molar-refractivity contribution in [1.29, 1.82) is 0 Å². The normalized spacial score (nSPS) is 26.4. The Morgan fingerprint density at radius 2 is 0.875 bits per heavy atom. The molecule has 0 bridgehead atoms. The van der Waals surface area contributed by atoms with Crippen molar-refractivity contribution in [2.75, 3.05) is 0 Å². The van der Waals surface area contributed by atoms with E-state index in [1.807, 2.05) is 12.2 Å². The Balaban J connectivity index is 0.000000167. The zero-order valence-electron chi connectivity index (χ0n) is 31.6. The van der Waals surface area contributed by atoms with Crippen molar-refractivity contribution in [2.45, 2.75) is 18.3 Å². The van der Waals surface area contributed by atoms with Crippen molar-refractivity contribution < 1.29 is 24.2 Å². The number of hydrogen-bond donors (Lipinski definition) is 0. The van der Waals surface area contributed by atoms with E-state index in [-0.39, 0.29) is 36.6 Å². The van der Waals surface area contributed by atoms with Gasteiger partial charge in [0.15, 0.2) is 0 Å². The molecule has 4 aromatic rings. The van der Waals surface area contributed by atoms with Gasteiger partial charge in [-0.2, -0.15) is 12.0 Å². The number of rotatable bonds is 6. The van der Waals surface area contributed by atoms with E-state index in [2.05, 4.69) is 213 Å². The molecular formula is C53H50Cl2Zr. The van der Waals surface area contributed by atoms with E-state index in [4.69, 9.17) is 0 Å². The molecule has 0 aromatic heterocycles. The molecule has 4 aromatic carbocycles. The number of hydrogen-bond acceptors (Lipinski definition) is 0. The molecule has 6 aliphatic carbocycles. The van der Waals surface area contributed by atoms with Crippen LogP contribution in [0.25, 0.3) is 0 Å². The van der Waals surface area contributed by atoms with Crippen LogP contribution in [0.15, 0.2) is 212 Å². The van der Waals surface area contributed by atoms with E-state index >= 15 is 0 Å². The Bertz CT molecular complexity index is 1920. The molecule has 280 valence electrons. The summed E-state index contributed by atoms with van der Waals surface area (Å²) in [4.78, 5) is 0. The van der Waals surface area contributed by atoms with Crippen LogP contribution in [0.5, 0.6) is 0 Å². The van der Waals surface area contributed by atoms with E-state index in [1.165, 1.54) is 49.7 Å². The van der Waals surface area contributed by atoms with Crippen LogP contribution < -0.4 is 0 Å². The van der Waals surface area contributed by atoms with Crippen molar-refractivity contribution in [1.82, 2.24) is 0 Å². The second-order valence-electron chi connectivity index (χ2n) is 15.1. The summed E-state index contributed by atoms with van der Waals surface area (Å²) in [5, 5.41) is 0. The summed E-state index contributed by atoms with van der Waals surface area (Å²) in [6.45, 7) is 0. The standard InChI is InChI=1S/C27H22.C21H21.C5H5.2ClH.Zr/c1-5-13-22(14-6-1)26(23-15-7-2-8-16-23)21-27(24-17-9-3-10-18-24)25-19-11-4-12-20-25;1-2-8-15-14(7-1)13-20-18-11-4-3-9-16(18)17-10-5-6-12-19(17)21(15)20;1-2-4-5-3-1;;;/h1-20,26-27H;1-21H;1-3H,4H2;2*1H;/q;2*-1;;;+2. The zero-order chi connectivity index (χ0) is 36.5. The summed E-state index contributed by atoms with van der Waals surface area (Å²) in [5.41, 5.74) is 5.43. The molecule has 0 saturated heterocycles. The molecule has 10 rings (SSSR count). The SMILES string of the molecule is C1=CC2[CH-]C3C4C=CC=CC4C4C=CC=CC4C3C2C=C1.Cl.Cl.[C-]1=CC=CC1.[Zr+2]=[C](C(c1ccccc1)c1ccccc1)C(c1ccccc1)c1ccccc1. The number of halogens is 2. The van der Waals surface area contributed by atoms with E-state index < -0.39 is 0 Å². The molecule has 56 heavy (non-hydrogen) atoms. The summed E-state index contributed by atoms with van der Waals surface area (Å²) >= 11 is 1.47. The third-order valence-corrected chi connectivity index (χ3v) is 13.5. The third-order valence-electron chi connectivity index (χ3n) is 12.1. The zero-order valence-corrected chi connectivity index (χ0v) is 35.7. The van der Waals surface area contributed by atoms with Gasteiger partial charge >= 0.3 is 183 Å². The topological polar surface area (TPSA) is 0 Å². The molecule has 0 spiro atoms. The van der Waals surface area contributed by atoms with Gasteiger partial charge in [0.2, 0.25) is 0 Å². The molecule has 0 N–H and O–H groups in total. The van der Waals surface area contributed by atoms with E-state index in [9.17, 15) is 0 Å². The predicted octanol–water partition coefficient (Wildman–Crippen LogP) is 13.0. The third kappa shape index (κ3) is 9.29. The van der Waals surface area contributed by atoms with Gasteiger partial charge < -0.3 is 6.42 Å². The summed E-state index contributed by atoms with van der Waals surface area (Å²) in [6.07, 6.45) is 41.0. The molecule has 2 saturated carbocycles. The van der Waals surface area contributed by atoms with Crippen molar-refractivity contribution in [3.63, 3.8) is 0 Å². The van der Waals surface area contributed by atoms with E-state index in [0.29, 0.717) is 35.5 Å². The predicted molar refractivity (Wildman–Crippen MR) is 238 cm³/mol. The van der Waals surface area contributed by atoms with E-state index in [1.54, 1.807) is 0 Å². The summed E-state index contributed by atoms with van der Waals surface area (Å²) < 4.78 is 1.53. The molecular weight excluding hydrogens is 799 g/mol. The Morgan fingerprint density at radius 1 is 0.482 bits per heavy atom. The Morgan fingerprint density at radius 3 is 1.29 bits per heavy atom. The van der Waals surface area contributed by atoms with Gasteiger partial charge in [-0.25, -0.2) is 12.2 Å². The van der Waals surface area contributed by atoms with Crippen LogP contribution in [0.3, 0.4) is 0 Å². The fourth-order valence-electron chi connectivity index (χ4n) is 9.77. The molecule has 0 aliphatic heterocycles. The van der Waals surface area contributed by atoms with Crippen LogP contribution in [0.2, 0.25) is 0 Å². The van der Waals surface area contributed by atoms with Crippen molar-refractivity contribution in [3.05, 3.63) is 247 Å². The van der Waals surface area contributed by atoms with Crippen LogP contribution >= 0.6 is 24.8 Å². The number of benzene rings is 4. The van der Waals surface area contributed by atoms with Crippen LogP contribution in [-0.4, -0.2) is 3.21 Å². The molecule has 3 heteroatoms.